The van der Waals surface area contributed by atoms with Crippen molar-refractivity contribution in [3.05, 3.63) is 34.9 Å². The Hall–Kier alpha value is -3.63. The fourth-order valence-corrected chi connectivity index (χ4v) is 3.49. The molecular weight excluding hydrogens is 468 g/mol. The Labute approximate surface area is 212 Å². The fraction of sp³-hybridized carbons (Fsp3) is 0.560. The number of hydrogen-bond acceptors (Lipinski definition) is 7. The van der Waals surface area contributed by atoms with E-state index in [0.717, 1.165) is 11.1 Å². The number of carbonyl (C=O) groups is 5. The first-order valence-corrected chi connectivity index (χ1v) is 11.7. The summed E-state index contributed by atoms with van der Waals surface area (Å²) in [7, 11) is 1.20. The third kappa shape index (κ3) is 9.55. The molecule has 0 radical (unpaired) electrons. The van der Waals surface area contributed by atoms with Gasteiger partial charge < -0.3 is 30.7 Å². The lowest BCUT2D eigenvalue weighted by Crippen LogP contribution is -2.53. The first-order valence-electron chi connectivity index (χ1n) is 11.7. The molecule has 1 aromatic rings. The van der Waals surface area contributed by atoms with Crippen molar-refractivity contribution in [1.29, 1.82) is 0 Å². The summed E-state index contributed by atoms with van der Waals surface area (Å²) in [4.78, 5) is 63.9. The van der Waals surface area contributed by atoms with E-state index in [0.29, 0.717) is 5.56 Å². The van der Waals surface area contributed by atoms with Gasteiger partial charge in [0.05, 0.1) is 7.11 Å². The van der Waals surface area contributed by atoms with Crippen LogP contribution in [-0.2, 0) is 28.7 Å². The Morgan fingerprint density at radius 1 is 1.11 bits per heavy atom. The largest absolute Gasteiger partial charge is 0.468 e. The molecule has 200 valence electrons. The number of esters is 1. The lowest BCUT2D eigenvalue weighted by atomic mass is 9.96. The van der Waals surface area contributed by atoms with Crippen LogP contribution in [0.1, 0.15) is 63.3 Å². The van der Waals surface area contributed by atoms with Gasteiger partial charge in [-0.05, 0) is 59.1 Å². The number of carbonyl (C=O) groups excluding carboxylic acids is 5. The second-order valence-electron chi connectivity index (χ2n) is 9.38. The van der Waals surface area contributed by atoms with E-state index in [9.17, 15) is 24.0 Å². The molecule has 1 aromatic carbocycles. The number of amides is 4. The minimum atomic E-state index is -1.19. The van der Waals surface area contributed by atoms with Crippen LogP contribution in [0.3, 0.4) is 0 Å². The Balaban J connectivity index is 3.44. The maximum atomic E-state index is 13.7. The molecule has 4 amide bonds. The number of rotatable bonds is 11. The van der Waals surface area contributed by atoms with Crippen LogP contribution in [-0.4, -0.2) is 66.5 Å². The van der Waals surface area contributed by atoms with Crippen LogP contribution in [0.5, 0.6) is 0 Å². The Morgan fingerprint density at radius 3 is 2.28 bits per heavy atom. The highest BCUT2D eigenvalue weighted by molar-refractivity contribution is 5.93. The summed E-state index contributed by atoms with van der Waals surface area (Å²) in [5.74, 6) is -2.51. The summed E-state index contributed by atoms with van der Waals surface area (Å²) >= 11 is 0. The van der Waals surface area contributed by atoms with Gasteiger partial charge in [-0.1, -0.05) is 23.8 Å². The molecule has 0 fully saturated rings. The van der Waals surface area contributed by atoms with Crippen molar-refractivity contribution in [2.45, 2.75) is 72.1 Å². The predicted molar refractivity (Wildman–Crippen MR) is 133 cm³/mol. The highest BCUT2D eigenvalue weighted by Crippen LogP contribution is 2.27. The van der Waals surface area contributed by atoms with E-state index >= 15 is 0 Å². The summed E-state index contributed by atoms with van der Waals surface area (Å²) in [6, 6.07) is 3.18. The summed E-state index contributed by atoms with van der Waals surface area (Å²) in [6.45, 7) is 10.1. The fourth-order valence-electron chi connectivity index (χ4n) is 3.49. The number of alkyl carbamates (subject to hydrolysis) is 1. The Morgan fingerprint density at radius 2 is 1.75 bits per heavy atom. The second kappa shape index (κ2) is 13.5. The number of ether oxygens (including phenoxy) is 2. The monoisotopic (exact) mass is 506 g/mol. The van der Waals surface area contributed by atoms with Crippen molar-refractivity contribution in [2.75, 3.05) is 20.2 Å². The Kier molecular flexibility index (Phi) is 11.4. The number of nitrogens with zero attached hydrogens (tertiary/aromatic N) is 1. The number of nitrogens with two attached hydrogens (primary N) is 1. The minimum Gasteiger partial charge on any atom is -0.468 e. The van der Waals surface area contributed by atoms with Gasteiger partial charge >= 0.3 is 12.1 Å². The molecule has 2 unspecified atom stereocenters. The van der Waals surface area contributed by atoms with Gasteiger partial charge in [0.15, 0.2) is 0 Å². The molecule has 0 bridgehead atoms. The normalized spacial score (nSPS) is 12.6. The molecule has 0 spiro atoms. The molecule has 0 heterocycles. The molecule has 0 aromatic heterocycles. The summed E-state index contributed by atoms with van der Waals surface area (Å²) in [5.41, 5.74) is 6.63. The summed E-state index contributed by atoms with van der Waals surface area (Å²) < 4.78 is 9.88. The average Bonchev–Trinajstić information content (AvgIpc) is 2.78. The molecular formula is C25H38N4O7. The average molecular weight is 507 g/mol. The van der Waals surface area contributed by atoms with Gasteiger partial charge in [-0.3, -0.25) is 19.2 Å². The number of aryl methyl sites for hydroxylation is 2. The van der Waals surface area contributed by atoms with Crippen molar-refractivity contribution in [3.63, 3.8) is 0 Å². The predicted octanol–water partition coefficient (Wildman–Crippen LogP) is 1.64. The maximum Gasteiger partial charge on any atom is 0.408 e. The molecule has 11 nitrogen and oxygen atoms in total. The zero-order valence-corrected chi connectivity index (χ0v) is 22.1. The molecule has 0 aliphatic rings. The number of hydrogen-bond donors (Lipinski definition) is 3. The van der Waals surface area contributed by atoms with Gasteiger partial charge in [0.1, 0.15) is 24.2 Å². The SMILES string of the molecule is CCN(C(=O)C(CCC(N)=O)NC(=O)OC(C)(C)C)C(C(=O)NCC(=O)OC)c1cc(C)ccc1C. The van der Waals surface area contributed by atoms with Crippen molar-refractivity contribution < 1.29 is 33.4 Å². The van der Waals surface area contributed by atoms with E-state index in [1.807, 2.05) is 19.1 Å². The van der Waals surface area contributed by atoms with Gasteiger partial charge in [0.25, 0.3) is 0 Å². The van der Waals surface area contributed by atoms with Crippen LogP contribution >= 0.6 is 0 Å². The topological polar surface area (TPSA) is 157 Å². The molecule has 0 saturated heterocycles. The number of primary amides is 1. The maximum absolute atomic E-state index is 13.7. The van der Waals surface area contributed by atoms with E-state index in [1.54, 1.807) is 40.7 Å². The van der Waals surface area contributed by atoms with Gasteiger partial charge in [0.2, 0.25) is 17.7 Å². The number of likely N-dealkylation sites (N-methyl/N-ethyl adjacent to an activating group) is 1. The van der Waals surface area contributed by atoms with Gasteiger partial charge in [-0.15, -0.1) is 0 Å². The van der Waals surface area contributed by atoms with Crippen LogP contribution in [0, 0.1) is 13.8 Å². The molecule has 0 saturated carbocycles. The van der Waals surface area contributed by atoms with Crippen molar-refractivity contribution in [3.8, 4) is 0 Å². The van der Waals surface area contributed by atoms with Crippen LogP contribution in [0.25, 0.3) is 0 Å². The van der Waals surface area contributed by atoms with Crippen LogP contribution in [0.15, 0.2) is 18.2 Å². The third-order valence-corrected chi connectivity index (χ3v) is 5.22. The molecule has 4 N–H and O–H groups in total. The van der Waals surface area contributed by atoms with E-state index in [2.05, 4.69) is 15.4 Å². The van der Waals surface area contributed by atoms with E-state index in [1.165, 1.54) is 12.0 Å². The van der Waals surface area contributed by atoms with Crippen molar-refractivity contribution in [1.82, 2.24) is 15.5 Å². The van der Waals surface area contributed by atoms with E-state index in [-0.39, 0.29) is 25.9 Å². The molecule has 11 heteroatoms. The standard InChI is InChI=1S/C25H38N4O7/c1-8-29(23(33)18(11-12-19(26)30)28-24(34)36-25(4,5)6)21(22(32)27-14-20(31)35-7)17-13-15(2)9-10-16(17)3/h9-10,13,18,21H,8,11-12,14H2,1-7H3,(H2,26,30)(H,27,32)(H,28,34). The highest BCUT2D eigenvalue weighted by atomic mass is 16.6. The molecule has 0 aliphatic carbocycles. The number of methoxy groups -OCH3 is 1. The molecule has 36 heavy (non-hydrogen) atoms. The van der Waals surface area contributed by atoms with Gasteiger partial charge in [0, 0.05) is 13.0 Å². The van der Waals surface area contributed by atoms with Crippen LogP contribution in [0.2, 0.25) is 0 Å². The number of nitrogens with one attached hydrogen (secondary N) is 2. The van der Waals surface area contributed by atoms with Crippen LogP contribution in [0.4, 0.5) is 4.79 Å². The zero-order chi connectivity index (χ0) is 27.6. The first-order chi connectivity index (χ1) is 16.7. The second-order valence-corrected chi connectivity index (χ2v) is 9.38. The van der Waals surface area contributed by atoms with Crippen molar-refractivity contribution in [2.24, 2.45) is 5.73 Å². The molecule has 2 atom stereocenters. The quantitative estimate of drug-likeness (QED) is 0.385. The smallest absolute Gasteiger partial charge is 0.408 e. The van der Waals surface area contributed by atoms with Crippen LogP contribution < -0.4 is 16.4 Å². The molecule has 1 rings (SSSR count). The lowest BCUT2D eigenvalue weighted by molar-refractivity contribution is -0.144. The van der Waals surface area contributed by atoms with Gasteiger partial charge in [-0.25, -0.2) is 4.79 Å². The Bertz CT molecular complexity index is 972. The summed E-state index contributed by atoms with van der Waals surface area (Å²) in [5, 5.41) is 5.02. The minimum absolute atomic E-state index is 0.0889. The molecule has 0 aliphatic heterocycles. The van der Waals surface area contributed by atoms with E-state index < -0.39 is 47.5 Å². The first kappa shape index (κ1) is 30.4. The van der Waals surface area contributed by atoms with E-state index in [4.69, 9.17) is 10.5 Å². The zero-order valence-electron chi connectivity index (χ0n) is 22.1. The van der Waals surface area contributed by atoms with Crippen molar-refractivity contribution >= 4 is 29.8 Å². The number of benzene rings is 1. The summed E-state index contributed by atoms with van der Waals surface area (Å²) in [6.07, 6.45) is -1.11. The lowest BCUT2D eigenvalue weighted by Gasteiger charge is -2.34. The third-order valence-electron chi connectivity index (χ3n) is 5.22. The van der Waals surface area contributed by atoms with Gasteiger partial charge in [-0.2, -0.15) is 0 Å². The highest BCUT2D eigenvalue weighted by Gasteiger charge is 2.36.